The average Bonchev–Trinajstić information content (AvgIpc) is 2.49. The minimum absolute atomic E-state index is 0.0351. The number of rotatable bonds is 7. The summed E-state index contributed by atoms with van der Waals surface area (Å²) in [4.78, 5) is 4.02. The number of pyridine rings is 1. The van der Waals surface area contributed by atoms with Crippen LogP contribution in [0.15, 0.2) is 53.3 Å². The van der Waals surface area contributed by atoms with Gasteiger partial charge in [-0.3, -0.25) is 4.98 Å². The lowest BCUT2D eigenvalue weighted by Gasteiger charge is -2.22. The van der Waals surface area contributed by atoms with Crippen molar-refractivity contribution in [2.24, 2.45) is 5.73 Å². The second-order valence-electron chi connectivity index (χ2n) is 5.16. The predicted molar refractivity (Wildman–Crippen MR) is 89.0 cm³/mol. The van der Waals surface area contributed by atoms with Gasteiger partial charge in [-0.1, -0.05) is 28.1 Å². The maximum absolute atomic E-state index is 6.06. The van der Waals surface area contributed by atoms with Gasteiger partial charge in [0.2, 0.25) is 0 Å². The Hall–Kier alpha value is -1.23. The van der Waals surface area contributed by atoms with Gasteiger partial charge in [-0.05, 0) is 55.2 Å². The molecule has 0 bridgehead atoms. The molecule has 2 rings (SSSR count). The van der Waals surface area contributed by atoms with E-state index in [-0.39, 0.29) is 12.1 Å². The summed E-state index contributed by atoms with van der Waals surface area (Å²) in [6.07, 6.45) is 5.56. The van der Waals surface area contributed by atoms with Crippen LogP contribution in [0.3, 0.4) is 0 Å². The second-order valence-corrected chi connectivity index (χ2v) is 6.08. The molecule has 0 amide bonds. The molecule has 0 fully saturated rings. The molecule has 4 heteroatoms. The van der Waals surface area contributed by atoms with Crippen molar-refractivity contribution in [1.29, 1.82) is 0 Å². The molecule has 21 heavy (non-hydrogen) atoms. The van der Waals surface area contributed by atoms with Crippen molar-refractivity contribution in [3.8, 4) is 0 Å². The highest BCUT2D eigenvalue weighted by molar-refractivity contribution is 9.10. The summed E-state index contributed by atoms with van der Waals surface area (Å²) < 4.78 is 7.06. The zero-order chi connectivity index (χ0) is 15.1. The number of hydrogen-bond donors (Lipinski definition) is 1. The van der Waals surface area contributed by atoms with E-state index in [2.05, 4.69) is 33.0 Å². The van der Waals surface area contributed by atoms with Gasteiger partial charge in [-0.2, -0.15) is 0 Å². The maximum Gasteiger partial charge on any atom is 0.0972 e. The van der Waals surface area contributed by atoms with Crippen LogP contribution in [-0.2, 0) is 11.2 Å². The van der Waals surface area contributed by atoms with Gasteiger partial charge in [0.1, 0.15) is 0 Å². The zero-order valence-electron chi connectivity index (χ0n) is 12.2. The van der Waals surface area contributed by atoms with Crippen molar-refractivity contribution in [3.63, 3.8) is 0 Å². The van der Waals surface area contributed by atoms with Crippen LogP contribution in [0.4, 0.5) is 0 Å². The van der Waals surface area contributed by atoms with Gasteiger partial charge >= 0.3 is 0 Å². The topological polar surface area (TPSA) is 48.1 Å². The van der Waals surface area contributed by atoms with Crippen molar-refractivity contribution in [2.75, 3.05) is 6.61 Å². The van der Waals surface area contributed by atoms with Gasteiger partial charge in [-0.15, -0.1) is 0 Å². The maximum atomic E-state index is 6.06. The van der Waals surface area contributed by atoms with E-state index in [1.54, 1.807) is 0 Å². The van der Waals surface area contributed by atoms with E-state index in [9.17, 15) is 0 Å². The summed E-state index contributed by atoms with van der Waals surface area (Å²) in [5.74, 6) is 0. The molecule has 0 spiro atoms. The van der Waals surface area contributed by atoms with E-state index < -0.39 is 0 Å². The molecule has 0 aliphatic rings. The van der Waals surface area contributed by atoms with Gasteiger partial charge in [0.25, 0.3) is 0 Å². The minimum atomic E-state index is -0.0597. The number of nitrogens with two attached hydrogens (primary N) is 1. The van der Waals surface area contributed by atoms with Crippen LogP contribution in [0.5, 0.6) is 0 Å². The summed E-state index contributed by atoms with van der Waals surface area (Å²) in [5.41, 5.74) is 8.46. The lowest BCUT2D eigenvalue weighted by atomic mass is 10.0. The molecule has 2 atom stereocenters. The van der Waals surface area contributed by atoms with Crippen LogP contribution in [0.25, 0.3) is 0 Å². The van der Waals surface area contributed by atoms with Crippen molar-refractivity contribution < 1.29 is 4.74 Å². The fourth-order valence-electron chi connectivity index (χ4n) is 2.24. The van der Waals surface area contributed by atoms with Gasteiger partial charge in [-0.25, -0.2) is 0 Å². The highest BCUT2D eigenvalue weighted by Crippen LogP contribution is 2.22. The number of nitrogens with zero attached hydrogens (tertiary/aromatic N) is 1. The monoisotopic (exact) mass is 348 g/mol. The van der Waals surface area contributed by atoms with Crippen molar-refractivity contribution in [1.82, 2.24) is 4.98 Å². The molecule has 1 heterocycles. The first-order chi connectivity index (χ1) is 10.2. The highest BCUT2D eigenvalue weighted by Gasteiger charge is 2.16. The van der Waals surface area contributed by atoms with Crippen LogP contribution >= 0.6 is 15.9 Å². The predicted octanol–water partition coefficient (Wildman–Crippen LogP) is 3.88. The molecule has 0 saturated heterocycles. The standard InChI is InChI=1S/C17H21BrN2O/c1-13(19)17(15-4-6-16(18)7-5-15)21-12-2-3-14-8-10-20-11-9-14/h4-11,13,17H,2-3,12,19H2,1H3. The summed E-state index contributed by atoms with van der Waals surface area (Å²) in [5, 5.41) is 0. The minimum Gasteiger partial charge on any atom is -0.372 e. The summed E-state index contributed by atoms with van der Waals surface area (Å²) >= 11 is 3.44. The molecule has 112 valence electrons. The summed E-state index contributed by atoms with van der Waals surface area (Å²) in [6, 6.07) is 12.2. The number of ether oxygens (including phenoxy) is 1. The van der Waals surface area contributed by atoms with E-state index in [0.29, 0.717) is 6.61 Å². The molecule has 2 unspecified atom stereocenters. The molecule has 1 aromatic carbocycles. The summed E-state index contributed by atoms with van der Waals surface area (Å²) in [7, 11) is 0. The number of halogens is 1. The zero-order valence-corrected chi connectivity index (χ0v) is 13.8. The molecule has 1 aromatic heterocycles. The molecule has 2 N–H and O–H groups in total. The number of aromatic nitrogens is 1. The third kappa shape index (κ3) is 5.23. The van der Waals surface area contributed by atoms with Crippen LogP contribution in [0.2, 0.25) is 0 Å². The second kappa shape index (κ2) is 8.27. The Bertz CT molecular complexity index is 528. The van der Waals surface area contributed by atoms with E-state index in [0.717, 1.165) is 22.9 Å². The Kier molecular flexibility index (Phi) is 6.36. The lowest BCUT2D eigenvalue weighted by Crippen LogP contribution is -2.27. The van der Waals surface area contributed by atoms with E-state index in [1.807, 2.05) is 43.6 Å². The summed E-state index contributed by atoms with van der Waals surface area (Å²) in [6.45, 7) is 2.68. The van der Waals surface area contributed by atoms with Crippen molar-refractivity contribution in [2.45, 2.75) is 31.9 Å². The number of aryl methyl sites for hydroxylation is 1. The Balaban J connectivity index is 1.85. The van der Waals surface area contributed by atoms with Crippen LogP contribution in [0, 0.1) is 0 Å². The molecule has 0 aliphatic heterocycles. The average molecular weight is 349 g/mol. The number of hydrogen-bond acceptors (Lipinski definition) is 3. The normalized spacial score (nSPS) is 13.9. The van der Waals surface area contributed by atoms with Crippen LogP contribution in [-0.4, -0.2) is 17.6 Å². The molecular weight excluding hydrogens is 328 g/mol. The van der Waals surface area contributed by atoms with E-state index >= 15 is 0 Å². The largest absolute Gasteiger partial charge is 0.372 e. The van der Waals surface area contributed by atoms with Gasteiger partial charge in [0.05, 0.1) is 6.10 Å². The van der Waals surface area contributed by atoms with E-state index in [1.165, 1.54) is 5.56 Å². The van der Waals surface area contributed by atoms with Crippen molar-refractivity contribution >= 4 is 15.9 Å². The molecule has 0 aliphatic carbocycles. The molecule has 0 radical (unpaired) electrons. The van der Waals surface area contributed by atoms with Crippen molar-refractivity contribution in [3.05, 3.63) is 64.4 Å². The van der Waals surface area contributed by atoms with Gasteiger partial charge < -0.3 is 10.5 Å². The smallest absolute Gasteiger partial charge is 0.0972 e. The highest BCUT2D eigenvalue weighted by atomic mass is 79.9. The first-order valence-corrected chi connectivity index (χ1v) is 7.97. The van der Waals surface area contributed by atoms with E-state index in [4.69, 9.17) is 10.5 Å². The molecular formula is C17H21BrN2O. The van der Waals surface area contributed by atoms with Gasteiger partial charge in [0.15, 0.2) is 0 Å². The van der Waals surface area contributed by atoms with Crippen LogP contribution < -0.4 is 5.73 Å². The third-order valence-corrected chi connectivity index (χ3v) is 3.86. The lowest BCUT2D eigenvalue weighted by molar-refractivity contribution is 0.0370. The third-order valence-electron chi connectivity index (χ3n) is 3.33. The van der Waals surface area contributed by atoms with Gasteiger partial charge in [0, 0.05) is 29.5 Å². The molecule has 3 nitrogen and oxygen atoms in total. The quantitative estimate of drug-likeness (QED) is 0.772. The Morgan fingerprint density at radius 1 is 1.14 bits per heavy atom. The Morgan fingerprint density at radius 3 is 2.43 bits per heavy atom. The first kappa shape index (κ1) is 16.1. The Morgan fingerprint density at radius 2 is 1.81 bits per heavy atom. The first-order valence-electron chi connectivity index (χ1n) is 7.18. The fourth-order valence-corrected chi connectivity index (χ4v) is 2.50. The SMILES string of the molecule is CC(N)C(OCCCc1ccncc1)c1ccc(Br)cc1. The van der Waals surface area contributed by atoms with Crippen LogP contribution in [0.1, 0.15) is 30.6 Å². The molecule has 0 saturated carbocycles. The molecule has 2 aromatic rings. The number of benzene rings is 1. The fraction of sp³-hybridized carbons (Fsp3) is 0.353. The Labute approximate surface area is 134 Å².